The van der Waals surface area contributed by atoms with Crippen molar-refractivity contribution in [1.29, 1.82) is 0 Å². The van der Waals surface area contributed by atoms with E-state index < -0.39 is 11.9 Å². The quantitative estimate of drug-likeness (QED) is 0.508. The molecule has 23 heavy (non-hydrogen) atoms. The summed E-state index contributed by atoms with van der Waals surface area (Å²) in [5.74, 6) is -0.783. The van der Waals surface area contributed by atoms with Crippen molar-refractivity contribution < 1.29 is 23.8 Å². The Bertz CT molecular complexity index is 678. The van der Waals surface area contributed by atoms with E-state index in [9.17, 15) is 9.59 Å². The first kappa shape index (κ1) is 16.6. The summed E-state index contributed by atoms with van der Waals surface area (Å²) < 4.78 is 15.4. The van der Waals surface area contributed by atoms with E-state index in [-0.39, 0.29) is 18.1 Å². The van der Waals surface area contributed by atoms with E-state index >= 15 is 0 Å². The molecule has 1 heterocycles. The van der Waals surface area contributed by atoms with Gasteiger partial charge in [-0.15, -0.1) is 0 Å². The zero-order valence-electron chi connectivity index (χ0n) is 13.3. The second kappa shape index (κ2) is 7.00. The first-order chi connectivity index (χ1) is 11.0. The average Bonchev–Trinajstić information content (AvgIpc) is 2.81. The van der Waals surface area contributed by atoms with Gasteiger partial charge >= 0.3 is 5.97 Å². The fourth-order valence-corrected chi connectivity index (χ4v) is 2.31. The number of ether oxygens (including phenoxy) is 3. The molecule has 1 atom stereocenters. The van der Waals surface area contributed by atoms with Gasteiger partial charge in [0.05, 0.1) is 26.5 Å². The topological polar surface area (TPSA) is 73.9 Å². The molecule has 0 radical (unpaired) electrons. The molecule has 0 aliphatic carbocycles. The van der Waals surface area contributed by atoms with E-state index in [1.54, 1.807) is 38.3 Å². The van der Waals surface area contributed by atoms with Crippen molar-refractivity contribution in [3.63, 3.8) is 0 Å². The molecule has 6 heteroatoms. The summed E-state index contributed by atoms with van der Waals surface area (Å²) in [7, 11) is 3.09. The van der Waals surface area contributed by atoms with Crippen molar-refractivity contribution in [3.8, 4) is 11.5 Å². The normalized spacial score (nSPS) is 18.7. The molecule has 0 bridgehead atoms. The van der Waals surface area contributed by atoms with E-state index in [1.165, 1.54) is 7.11 Å². The molecule has 1 aliphatic rings. The standard InChI is InChI=1S/C17H19NO5/c1-5-23-17(20)15-10(2)18-13(16(15)19)9-11-8-12(21-3)6-7-14(11)22-4/h6-9,15,18H,2,5H2,1,3-4H3. The molecule has 1 aromatic rings. The number of allylic oxidation sites excluding steroid dienone is 1. The number of benzene rings is 1. The van der Waals surface area contributed by atoms with Crippen LogP contribution < -0.4 is 14.8 Å². The Labute approximate surface area is 134 Å². The molecular formula is C17H19NO5. The number of Topliss-reactive ketones (excluding diaryl/α,β-unsaturated/α-hetero) is 1. The fourth-order valence-electron chi connectivity index (χ4n) is 2.31. The van der Waals surface area contributed by atoms with Crippen molar-refractivity contribution in [2.75, 3.05) is 20.8 Å². The lowest BCUT2D eigenvalue weighted by molar-refractivity contribution is -0.148. The molecule has 1 unspecified atom stereocenters. The van der Waals surface area contributed by atoms with Gasteiger partial charge in [-0.1, -0.05) is 6.58 Å². The zero-order valence-corrected chi connectivity index (χ0v) is 13.3. The second-order valence-electron chi connectivity index (χ2n) is 4.87. The first-order valence-corrected chi connectivity index (χ1v) is 7.12. The lowest BCUT2D eigenvalue weighted by atomic mass is 10.0. The van der Waals surface area contributed by atoms with Gasteiger partial charge in [0, 0.05) is 11.3 Å². The first-order valence-electron chi connectivity index (χ1n) is 7.12. The number of nitrogens with one attached hydrogen (secondary N) is 1. The number of carbonyl (C=O) groups is 2. The molecule has 1 saturated heterocycles. The number of carbonyl (C=O) groups excluding carboxylic acids is 2. The van der Waals surface area contributed by atoms with Gasteiger partial charge in [-0.05, 0) is 31.2 Å². The van der Waals surface area contributed by atoms with Crippen LogP contribution in [-0.2, 0) is 14.3 Å². The van der Waals surface area contributed by atoms with Crippen LogP contribution in [0.15, 0.2) is 36.2 Å². The van der Waals surface area contributed by atoms with Crippen molar-refractivity contribution in [1.82, 2.24) is 5.32 Å². The second-order valence-corrected chi connectivity index (χ2v) is 4.87. The Morgan fingerprint density at radius 2 is 2.09 bits per heavy atom. The summed E-state index contributed by atoms with van der Waals surface area (Å²) in [5.41, 5.74) is 1.22. The van der Waals surface area contributed by atoms with E-state index in [1.807, 2.05) is 0 Å². The predicted octanol–water partition coefficient (Wildman–Crippen LogP) is 1.91. The Kier molecular flexibility index (Phi) is 5.05. The minimum absolute atomic E-state index is 0.207. The van der Waals surface area contributed by atoms with Crippen LogP contribution in [0.25, 0.3) is 6.08 Å². The maximum atomic E-state index is 12.4. The molecule has 2 rings (SSSR count). The minimum atomic E-state index is -1.02. The number of methoxy groups -OCH3 is 2. The molecule has 0 amide bonds. The third-order valence-corrected chi connectivity index (χ3v) is 3.43. The molecule has 122 valence electrons. The molecule has 1 aliphatic heterocycles. The number of ketones is 1. The van der Waals surface area contributed by atoms with Gasteiger partial charge in [-0.3, -0.25) is 9.59 Å². The highest BCUT2D eigenvalue weighted by molar-refractivity contribution is 6.15. The summed E-state index contributed by atoms with van der Waals surface area (Å²) in [6.45, 7) is 5.62. The van der Waals surface area contributed by atoms with E-state index in [4.69, 9.17) is 14.2 Å². The molecule has 1 fully saturated rings. The third-order valence-electron chi connectivity index (χ3n) is 3.43. The number of hydrogen-bond acceptors (Lipinski definition) is 6. The lowest BCUT2D eigenvalue weighted by Crippen LogP contribution is -2.23. The number of rotatable bonds is 5. The fraction of sp³-hybridized carbons (Fsp3) is 0.294. The number of hydrogen-bond donors (Lipinski definition) is 1. The molecule has 0 spiro atoms. The van der Waals surface area contributed by atoms with Gasteiger partial charge in [-0.2, -0.15) is 0 Å². The van der Waals surface area contributed by atoms with Crippen LogP contribution in [0.1, 0.15) is 12.5 Å². The van der Waals surface area contributed by atoms with Gasteiger partial charge in [0.1, 0.15) is 11.5 Å². The number of esters is 1. The maximum absolute atomic E-state index is 12.4. The Morgan fingerprint density at radius 3 is 2.70 bits per heavy atom. The molecule has 1 N–H and O–H groups in total. The summed E-state index contributed by atoms with van der Waals surface area (Å²) in [4.78, 5) is 24.3. The predicted molar refractivity (Wildman–Crippen MR) is 84.9 cm³/mol. The van der Waals surface area contributed by atoms with E-state index in [0.717, 1.165) is 0 Å². The van der Waals surface area contributed by atoms with Gasteiger partial charge in [-0.25, -0.2) is 0 Å². The van der Waals surface area contributed by atoms with Crippen LogP contribution in [0.3, 0.4) is 0 Å². The molecule has 0 aromatic heterocycles. The van der Waals surface area contributed by atoms with Gasteiger partial charge < -0.3 is 19.5 Å². The molecular weight excluding hydrogens is 298 g/mol. The summed E-state index contributed by atoms with van der Waals surface area (Å²) >= 11 is 0. The third kappa shape index (κ3) is 3.36. The lowest BCUT2D eigenvalue weighted by Gasteiger charge is -2.08. The summed E-state index contributed by atoms with van der Waals surface area (Å²) in [6.07, 6.45) is 1.61. The van der Waals surface area contributed by atoms with Crippen LogP contribution >= 0.6 is 0 Å². The Balaban J connectivity index is 2.36. The van der Waals surface area contributed by atoms with E-state index in [2.05, 4.69) is 11.9 Å². The van der Waals surface area contributed by atoms with Crippen molar-refractivity contribution in [2.45, 2.75) is 6.92 Å². The SMILES string of the molecule is C=C1NC(=Cc2cc(OC)ccc2OC)C(=O)C1C(=O)OCC. The highest BCUT2D eigenvalue weighted by atomic mass is 16.5. The van der Waals surface area contributed by atoms with Crippen molar-refractivity contribution in [2.24, 2.45) is 5.92 Å². The van der Waals surface area contributed by atoms with E-state index in [0.29, 0.717) is 22.8 Å². The zero-order chi connectivity index (χ0) is 17.0. The average molecular weight is 317 g/mol. The monoisotopic (exact) mass is 317 g/mol. The largest absolute Gasteiger partial charge is 0.497 e. The maximum Gasteiger partial charge on any atom is 0.322 e. The van der Waals surface area contributed by atoms with Gasteiger partial charge in [0.2, 0.25) is 0 Å². The Hall–Kier alpha value is -2.76. The van der Waals surface area contributed by atoms with Gasteiger partial charge in [0.15, 0.2) is 11.7 Å². The van der Waals surface area contributed by atoms with Crippen LogP contribution in [-0.4, -0.2) is 32.6 Å². The minimum Gasteiger partial charge on any atom is -0.497 e. The molecule has 1 aromatic carbocycles. The molecule has 0 saturated carbocycles. The highest BCUT2D eigenvalue weighted by Crippen LogP contribution is 2.29. The summed E-state index contributed by atoms with van der Waals surface area (Å²) in [6, 6.07) is 5.23. The van der Waals surface area contributed by atoms with Gasteiger partial charge in [0.25, 0.3) is 0 Å². The molecule has 6 nitrogen and oxygen atoms in total. The van der Waals surface area contributed by atoms with Crippen LogP contribution in [0.2, 0.25) is 0 Å². The highest BCUT2D eigenvalue weighted by Gasteiger charge is 2.39. The smallest absolute Gasteiger partial charge is 0.322 e. The van der Waals surface area contributed by atoms with Crippen LogP contribution in [0, 0.1) is 5.92 Å². The van der Waals surface area contributed by atoms with Crippen molar-refractivity contribution in [3.05, 3.63) is 41.7 Å². The Morgan fingerprint density at radius 1 is 1.35 bits per heavy atom. The van der Waals surface area contributed by atoms with Crippen LogP contribution in [0.4, 0.5) is 0 Å². The summed E-state index contributed by atoms with van der Waals surface area (Å²) in [5, 5.41) is 2.85. The van der Waals surface area contributed by atoms with Crippen LogP contribution in [0.5, 0.6) is 11.5 Å². The van der Waals surface area contributed by atoms with Crippen molar-refractivity contribution >= 4 is 17.8 Å².